The molecule has 2 N–H and O–H groups in total. The van der Waals surface area contributed by atoms with Crippen LogP contribution in [0.5, 0.6) is 0 Å². The number of amides is 1. The third kappa shape index (κ3) is 6.94. The van der Waals surface area contributed by atoms with Crippen molar-refractivity contribution < 1.29 is 19.4 Å². The minimum Gasteiger partial charge on any atom is -0.481 e. The number of aliphatic carboxylic acids is 1. The fourth-order valence-electron chi connectivity index (χ4n) is 6.18. The molecular formula is C27H41N3O4. The second kappa shape index (κ2) is 12.5. The van der Waals surface area contributed by atoms with Gasteiger partial charge in [-0.15, -0.1) is 0 Å². The number of carboxylic acid groups (broad SMARTS) is 1. The Morgan fingerprint density at radius 3 is 2.68 bits per heavy atom. The van der Waals surface area contributed by atoms with Crippen molar-refractivity contribution in [2.24, 2.45) is 17.8 Å². The first-order valence-corrected chi connectivity index (χ1v) is 13.4. The zero-order valence-corrected chi connectivity index (χ0v) is 20.4. The van der Waals surface area contributed by atoms with Crippen molar-refractivity contribution in [2.45, 2.75) is 102 Å². The molecule has 4 atom stereocenters. The lowest BCUT2D eigenvalue weighted by Crippen LogP contribution is -2.30. The molecule has 1 aromatic heterocycles. The maximum atomic E-state index is 12.5. The zero-order chi connectivity index (χ0) is 23.8. The standard InChI is InChI=1S/C27H41N3O4/c31-26(32)13-6-2-5-12-21-22(25-15-14-24(21)34-25)17-30-18-23(29-19-30)27(33)28-16-8-7-11-20-9-3-1-4-10-20/h2,5,18-22,24-25H,1,3-4,6-17H2,(H,28,33)(H,31,32)/b5-2-/t21-,22+,24+,25-/m1/s1. The summed E-state index contributed by atoms with van der Waals surface area (Å²) in [5.41, 5.74) is 0.487. The number of ether oxygens (including phenoxy) is 1. The molecular weight excluding hydrogens is 430 g/mol. The van der Waals surface area contributed by atoms with Crippen LogP contribution < -0.4 is 5.32 Å². The highest BCUT2D eigenvalue weighted by molar-refractivity contribution is 5.91. The molecule has 3 fully saturated rings. The molecule has 0 spiro atoms. The largest absolute Gasteiger partial charge is 0.481 e. The molecule has 1 amide bonds. The van der Waals surface area contributed by atoms with E-state index in [0.717, 1.165) is 44.7 Å². The molecule has 1 aromatic rings. The second-order valence-electron chi connectivity index (χ2n) is 10.5. The van der Waals surface area contributed by atoms with Gasteiger partial charge in [-0.25, -0.2) is 4.98 Å². The molecule has 4 rings (SSSR count). The van der Waals surface area contributed by atoms with Gasteiger partial charge in [0.2, 0.25) is 0 Å². The van der Waals surface area contributed by atoms with E-state index >= 15 is 0 Å². The Bertz CT molecular complexity index is 830. The van der Waals surface area contributed by atoms with Gasteiger partial charge in [0.1, 0.15) is 5.69 Å². The predicted octanol–water partition coefficient (Wildman–Crippen LogP) is 4.97. The predicted molar refractivity (Wildman–Crippen MR) is 130 cm³/mol. The van der Waals surface area contributed by atoms with Crippen molar-refractivity contribution in [1.82, 2.24) is 14.9 Å². The number of imidazole rings is 1. The molecule has 2 aliphatic heterocycles. The van der Waals surface area contributed by atoms with Crippen molar-refractivity contribution >= 4 is 11.9 Å². The van der Waals surface area contributed by atoms with Crippen LogP contribution in [0.2, 0.25) is 0 Å². The van der Waals surface area contributed by atoms with Crippen LogP contribution in [0.3, 0.4) is 0 Å². The fourth-order valence-corrected chi connectivity index (χ4v) is 6.18. The molecule has 7 nitrogen and oxygen atoms in total. The van der Waals surface area contributed by atoms with Gasteiger partial charge in [0.25, 0.3) is 5.91 Å². The number of aromatic nitrogens is 2. The van der Waals surface area contributed by atoms with E-state index in [9.17, 15) is 9.59 Å². The number of carboxylic acids is 1. The van der Waals surface area contributed by atoms with Crippen LogP contribution >= 0.6 is 0 Å². The summed E-state index contributed by atoms with van der Waals surface area (Å²) in [5, 5.41) is 11.8. The van der Waals surface area contributed by atoms with E-state index in [4.69, 9.17) is 9.84 Å². The Morgan fingerprint density at radius 1 is 1.09 bits per heavy atom. The first kappa shape index (κ1) is 25.0. The summed E-state index contributed by atoms with van der Waals surface area (Å²) in [4.78, 5) is 27.6. The molecule has 3 heterocycles. The molecule has 3 aliphatic rings. The first-order chi connectivity index (χ1) is 16.6. The lowest BCUT2D eigenvalue weighted by molar-refractivity contribution is -0.136. The van der Waals surface area contributed by atoms with Gasteiger partial charge in [0.05, 0.1) is 18.5 Å². The number of carbonyl (C=O) groups is 2. The Balaban J connectivity index is 1.19. The highest BCUT2D eigenvalue weighted by Gasteiger charge is 2.48. The summed E-state index contributed by atoms with van der Waals surface area (Å²) in [6.07, 6.45) is 22.6. The molecule has 7 heteroatoms. The molecule has 0 unspecified atom stereocenters. The Morgan fingerprint density at radius 2 is 1.88 bits per heavy atom. The van der Waals surface area contributed by atoms with E-state index in [1.54, 1.807) is 6.33 Å². The highest BCUT2D eigenvalue weighted by Crippen LogP contribution is 2.45. The quantitative estimate of drug-likeness (QED) is 0.313. The van der Waals surface area contributed by atoms with Gasteiger partial charge >= 0.3 is 5.97 Å². The lowest BCUT2D eigenvalue weighted by atomic mass is 9.77. The van der Waals surface area contributed by atoms with Gasteiger partial charge in [-0.3, -0.25) is 9.59 Å². The van der Waals surface area contributed by atoms with Crippen molar-refractivity contribution in [3.8, 4) is 0 Å². The fraction of sp³-hybridized carbons (Fsp3) is 0.741. The Kier molecular flexibility index (Phi) is 9.19. The molecule has 188 valence electrons. The van der Waals surface area contributed by atoms with Crippen molar-refractivity contribution in [1.29, 1.82) is 0 Å². The van der Waals surface area contributed by atoms with Crippen LogP contribution in [0.25, 0.3) is 0 Å². The topological polar surface area (TPSA) is 93.5 Å². The smallest absolute Gasteiger partial charge is 0.303 e. The maximum absolute atomic E-state index is 12.5. The van der Waals surface area contributed by atoms with E-state index in [2.05, 4.69) is 16.4 Å². The minimum atomic E-state index is -0.759. The molecule has 1 aliphatic carbocycles. The van der Waals surface area contributed by atoms with E-state index in [1.165, 1.54) is 44.9 Å². The normalized spacial score (nSPS) is 26.9. The number of nitrogens with zero attached hydrogens (tertiary/aromatic N) is 2. The van der Waals surface area contributed by atoms with Gasteiger partial charge < -0.3 is 19.7 Å². The van der Waals surface area contributed by atoms with Crippen LogP contribution in [0, 0.1) is 17.8 Å². The Labute approximate surface area is 203 Å². The Hall–Kier alpha value is -2.15. The number of nitrogens with one attached hydrogen (secondary N) is 1. The van der Waals surface area contributed by atoms with Crippen molar-refractivity contribution in [3.05, 3.63) is 30.4 Å². The van der Waals surface area contributed by atoms with E-state index in [-0.39, 0.29) is 18.4 Å². The summed E-state index contributed by atoms with van der Waals surface area (Å²) in [7, 11) is 0. The first-order valence-electron chi connectivity index (χ1n) is 13.4. The van der Waals surface area contributed by atoms with Crippen LogP contribution in [-0.2, 0) is 16.1 Å². The van der Waals surface area contributed by atoms with Crippen LogP contribution in [-0.4, -0.2) is 45.3 Å². The molecule has 2 bridgehead atoms. The maximum Gasteiger partial charge on any atom is 0.303 e. The van der Waals surface area contributed by atoms with Gasteiger partial charge in [0.15, 0.2) is 0 Å². The van der Waals surface area contributed by atoms with Gasteiger partial charge in [0, 0.05) is 31.6 Å². The molecule has 0 radical (unpaired) electrons. The molecule has 1 saturated carbocycles. The summed E-state index contributed by atoms with van der Waals surface area (Å²) in [6.45, 7) is 1.52. The average Bonchev–Trinajstić information content (AvgIpc) is 3.57. The van der Waals surface area contributed by atoms with Crippen molar-refractivity contribution in [2.75, 3.05) is 6.54 Å². The van der Waals surface area contributed by atoms with E-state index in [1.807, 2.05) is 16.8 Å². The lowest BCUT2D eigenvalue weighted by Gasteiger charge is -2.27. The SMILES string of the molecule is O=C(O)CC/C=C\C[C@@H]1[C@H](Cn2cnc(C(=O)NCCCCC3CCCCC3)c2)[C@H]2CC[C@@H]1O2. The number of rotatable bonds is 13. The number of hydrogen-bond donors (Lipinski definition) is 2. The number of allylic oxidation sites excluding steroid dienone is 2. The van der Waals surface area contributed by atoms with Crippen LogP contribution in [0.4, 0.5) is 0 Å². The van der Waals surface area contributed by atoms with Gasteiger partial charge in [-0.05, 0) is 43.9 Å². The van der Waals surface area contributed by atoms with Gasteiger partial charge in [-0.1, -0.05) is 57.1 Å². The average molecular weight is 472 g/mol. The monoisotopic (exact) mass is 471 g/mol. The number of unbranched alkanes of at least 4 members (excludes halogenated alkanes) is 1. The zero-order valence-electron chi connectivity index (χ0n) is 20.4. The van der Waals surface area contributed by atoms with E-state index < -0.39 is 5.97 Å². The second-order valence-corrected chi connectivity index (χ2v) is 10.5. The number of hydrogen-bond acceptors (Lipinski definition) is 4. The molecule has 0 aromatic carbocycles. The summed E-state index contributed by atoms with van der Waals surface area (Å²) in [5.74, 6) is 0.888. The molecule has 2 saturated heterocycles. The van der Waals surface area contributed by atoms with Crippen LogP contribution in [0.15, 0.2) is 24.7 Å². The number of carbonyl (C=O) groups excluding carboxylic acids is 1. The van der Waals surface area contributed by atoms with Crippen LogP contribution in [0.1, 0.15) is 94.0 Å². The minimum absolute atomic E-state index is 0.0847. The third-order valence-electron chi connectivity index (χ3n) is 8.03. The van der Waals surface area contributed by atoms with Crippen molar-refractivity contribution in [3.63, 3.8) is 0 Å². The van der Waals surface area contributed by atoms with E-state index in [0.29, 0.717) is 30.1 Å². The number of fused-ring (bicyclic) bond motifs is 2. The summed E-state index contributed by atoms with van der Waals surface area (Å²) < 4.78 is 8.23. The van der Waals surface area contributed by atoms with Gasteiger partial charge in [-0.2, -0.15) is 0 Å². The summed E-state index contributed by atoms with van der Waals surface area (Å²) in [6, 6.07) is 0. The third-order valence-corrected chi connectivity index (χ3v) is 8.03. The molecule has 34 heavy (non-hydrogen) atoms. The summed E-state index contributed by atoms with van der Waals surface area (Å²) >= 11 is 0. The highest BCUT2D eigenvalue weighted by atomic mass is 16.5.